The van der Waals surface area contributed by atoms with Crippen molar-refractivity contribution in [1.29, 1.82) is 0 Å². The maximum absolute atomic E-state index is 12.9. The van der Waals surface area contributed by atoms with E-state index in [9.17, 15) is 9.59 Å². The summed E-state index contributed by atoms with van der Waals surface area (Å²) in [5.74, 6) is 0.778. The van der Waals surface area contributed by atoms with Gasteiger partial charge in [0.1, 0.15) is 11.3 Å². The van der Waals surface area contributed by atoms with Gasteiger partial charge in [0.25, 0.3) is 0 Å². The van der Waals surface area contributed by atoms with E-state index in [0.717, 1.165) is 5.56 Å². The zero-order valence-electron chi connectivity index (χ0n) is 13.7. The molecule has 2 aliphatic rings. The molecule has 2 aromatic carbocycles. The molecule has 0 saturated heterocycles. The first kappa shape index (κ1) is 14.3. The quantitative estimate of drug-likeness (QED) is 0.419. The number of aromatic nitrogens is 2. The molecule has 0 fully saturated rings. The average molecular weight is 358 g/mol. The first-order valence-electron chi connectivity index (χ1n) is 8.35. The Bertz CT molecular complexity index is 1390. The molecule has 1 atom stereocenters. The smallest absolute Gasteiger partial charge is 0.351 e. The summed E-state index contributed by atoms with van der Waals surface area (Å²) in [5.41, 5.74) is 1.00. The van der Waals surface area contributed by atoms with Gasteiger partial charge in [0, 0.05) is 5.56 Å². The number of fused-ring (bicyclic) bond motifs is 6. The number of nitrogens with zero attached hydrogens (tertiary/aromatic N) is 1. The molecule has 2 aliphatic heterocycles. The largest absolute Gasteiger partial charge is 0.440 e. The maximum Gasteiger partial charge on any atom is 0.351 e. The Balaban J connectivity index is 1.79. The highest BCUT2D eigenvalue weighted by molar-refractivity contribution is 5.86. The van der Waals surface area contributed by atoms with E-state index < -0.39 is 17.2 Å². The number of aromatic amines is 1. The van der Waals surface area contributed by atoms with Crippen molar-refractivity contribution in [3.63, 3.8) is 0 Å². The summed E-state index contributed by atoms with van der Waals surface area (Å²) in [6, 6.07) is 14.5. The molecule has 7 nitrogen and oxygen atoms in total. The average Bonchev–Trinajstić information content (AvgIpc) is 2.67. The van der Waals surface area contributed by atoms with Crippen LogP contribution in [0.3, 0.4) is 0 Å². The zero-order valence-corrected chi connectivity index (χ0v) is 13.7. The van der Waals surface area contributed by atoms with Crippen LogP contribution < -0.4 is 20.8 Å². The topological polar surface area (TPSA) is 94.4 Å². The predicted octanol–water partition coefficient (Wildman–Crippen LogP) is 3.27. The van der Waals surface area contributed by atoms with Crippen LogP contribution in [0.2, 0.25) is 0 Å². The maximum atomic E-state index is 12.9. The molecule has 130 valence electrons. The standard InChI is InChI=1S/C20H10N2O5/c23-19-14-13-9-5-1-3-7-11(9)25-17-15(13)18(22-20(24)21-17)27-16(14)10-6-2-4-8-12(10)26-19/h1-8,13H,(H,21,22,24). The van der Waals surface area contributed by atoms with Crippen molar-refractivity contribution in [2.75, 3.05) is 0 Å². The van der Waals surface area contributed by atoms with Crippen molar-refractivity contribution in [2.24, 2.45) is 0 Å². The highest BCUT2D eigenvalue weighted by Gasteiger charge is 2.41. The van der Waals surface area contributed by atoms with Crippen LogP contribution in [0.4, 0.5) is 0 Å². The zero-order chi connectivity index (χ0) is 18.1. The Hall–Kier alpha value is -3.87. The first-order chi connectivity index (χ1) is 13.2. The number of hydrogen-bond acceptors (Lipinski definition) is 6. The van der Waals surface area contributed by atoms with Gasteiger partial charge in [-0.25, -0.2) is 9.59 Å². The minimum Gasteiger partial charge on any atom is -0.440 e. The van der Waals surface area contributed by atoms with Crippen LogP contribution in [0.25, 0.3) is 11.0 Å². The van der Waals surface area contributed by atoms with E-state index in [0.29, 0.717) is 33.6 Å². The molecule has 1 unspecified atom stereocenters. The van der Waals surface area contributed by atoms with E-state index >= 15 is 0 Å². The number of benzene rings is 2. The third kappa shape index (κ3) is 1.82. The van der Waals surface area contributed by atoms with Gasteiger partial charge < -0.3 is 13.9 Å². The number of para-hydroxylation sites is 2. The minimum atomic E-state index is -0.586. The lowest BCUT2D eigenvalue weighted by molar-refractivity contribution is 0.377. The van der Waals surface area contributed by atoms with Gasteiger partial charge in [-0.3, -0.25) is 4.98 Å². The third-order valence-corrected chi connectivity index (χ3v) is 4.92. The lowest BCUT2D eigenvalue weighted by Gasteiger charge is -2.32. The molecule has 2 aromatic heterocycles. The molecule has 4 heterocycles. The monoisotopic (exact) mass is 358 g/mol. The van der Waals surface area contributed by atoms with E-state index in [1.54, 1.807) is 24.3 Å². The fourth-order valence-corrected chi connectivity index (χ4v) is 3.82. The van der Waals surface area contributed by atoms with Crippen molar-refractivity contribution in [3.8, 4) is 23.3 Å². The van der Waals surface area contributed by atoms with E-state index in [4.69, 9.17) is 13.9 Å². The summed E-state index contributed by atoms with van der Waals surface area (Å²) in [7, 11) is 0. The second-order valence-electron chi connectivity index (χ2n) is 6.39. The van der Waals surface area contributed by atoms with Crippen LogP contribution in [0.15, 0.2) is 62.5 Å². The molecule has 27 heavy (non-hydrogen) atoms. The number of rotatable bonds is 0. The van der Waals surface area contributed by atoms with Gasteiger partial charge >= 0.3 is 11.3 Å². The van der Waals surface area contributed by atoms with E-state index in [1.807, 2.05) is 24.3 Å². The Morgan fingerprint density at radius 1 is 0.926 bits per heavy atom. The van der Waals surface area contributed by atoms with Crippen LogP contribution in [0.5, 0.6) is 23.3 Å². The van der Waals surface area contributed by atoms with Gasteiger partial charge in [0.2, 0.25) is 11.8 Å². The molecule has 0 spiro atoms. The second kappa shape index (κ2) is 4.85. The molecule has 0 radical (unpaired) electrons. The summed E-state index contributed by atoms with van der Waals surface area (Å²) in [6.45, 7) is 0. The highest BCUT2D eigenvalue weighted by atomic mass is 16.5. The fraction of sp³-hybridized carbons (Fsp3) is 0.0500. The van der Waals surface area contributed by atoms with Crippen LogP contribution in [0, 0.1) is 0 Å². The third-order valence-electron chi connectivity index (χ3n) is 4.92. The van der Waals surface area contributed by atoms with Gasteiger partial charge in [0.05, 0.1) is 22.4 Å². The van der Waals surface area contributed by atoms with Gasteiger partial charge in [-0.15, -0.1) is 0 Å². The highest BCUT2D eigenvalue weighted by Crippen LogP contribution is 2.54. The molecule has 7 heteroatoms. The van der Waals surface area contributed by atoms with E-state index in [2.05, 4.69) is 9.97 Å². The Kier molecular flexibility index (Phi) is 2.57. The molecule has 4 aromatic rings. The summed E-state index contributed by atoms with van der Waals surface area (Å²) in [6.07, 6.45) is 0. The van der Waals surface area contributed by atoms with Crippen molar-refractivity contribution < 1.29 is 13.9 Å². The molecule has 6 rings (SSSR count). The summed E-state index contributed by atoms with van der Waals surface area (Å²) in [5, 5.41) is 0.644. The van der Waals surface area contributed by atoms with E-state index in [1.165, 1.54) is 0 Å². The van der Waals surface area contributed by atoms with Crippen LogP contribution >= 0.6 is 0 Å². The van der Waals surface area contributed by atoms with Crippen LogP contribution in [-0.4, -0.2) is 9.97 Å². The fourth-order valence-electron chi connectivity index (χ4n) is 3.82. The minimum absolute atomic E-state index is 0.136. The normalized spacial score (nSPS) is 15.9. The number of hydrogen-bond donors (Lipinski definition) is 1. The Labute approximate surface area is 150 Å². The number of H-pyrrole nitrogens is 1. The SMILES string of the molecule is O=c1nc2c3c([nH]1)Oc1ccccc1C3c1c(c3ccccc3oc1=O)O2. The van der Waals surface area contributed by atoms with Gasteiger partial charge in [-0.05, 0) is 18.2 Å². The Morgan fingerprint density at radius 2 is 1.74 bits per heavy atom. The van der Waals surface area contributed by atoms with Crippen molar-refractivity contribution in [1.82, 2.24) is 9.97 Å². The van der Waals surface area contributed by atoms with Crippen LogP contribution in [-0.2, 0) is 0 Å². The van der Waals surface area contributed by atoms with Crippen molar-refractivity contribution in [2.45, 2.75) is 5.92 Å². The number of nitrogens with one attached hydrogen (secondary N) is 1. The first-order valence-corrected chi connectivity index (χ1v) is 8.35. The van der Waals surface area contributed by atoms with Gasteiger partial charge in [-0.2, -0.15) is 4.98 Å². The summed E-state index contributed by atoms with van der Waals surface area (Å²) >= 11 is 0. The Morgan fingerprint density at radius 3 is 2.67 bits per heavy atom. The second-order valence-corrected chi connectivity index (χ2v) is 6.39. The summed E-state index contributed by atoms with van der Waals surface area (Å²) < 4.78 is 17.3. The molecule has 1 N–H and O–H groups in total. The lowest BCUT2D eigenvalue weighted by atomic mass is 9.82. The number of ether oxygens (including phenoxy) is 2. The van der Waals surface area contributed by atoms with Crippen LogP contribution in [0.1, 0.15) is 22.6 Å². The van der Waals surface area contributed by atoms with Crippen molar-refractivity contribution >= 4 is 11.0 Å². The molecule has 0 amide bonds. The van der Waals surface area contributed by atoms with Gasteiger partial charge in [-0.1, -0.05) is 30.3 Å². The van der Waals surface area contributed by atoms with E-state index in [-0.39, 0.29) is 11.8 Å². The van der Waals surface area contributed by atoms with Crippen molar-refractivity contribution in [3.05, 3.63) is 86.1 Å². The molecule has 0 aliphatic carbocycles. The summed E-state index contributed by atoms with van der Waals surface area (Å²) in [4.78, 5) is 31.5. The molecule has 0 saturated carbocycles. The predicted molar refractivity (Wildman–Crippen MR) is 94.9 cm³/mol. The molecular weight excluding hydrogens is 348 g/mol. The van der Waals surface area contributed by atoms with Gasteiger partial charge in [0.15, 0.2) is 5.75 Å². The lowest BCUT2D eigenvalue weighted by Crippen LogP contribution is -2.27. The molecular formula is C20H10N2O5. The molecule has 0 bridgehead atoms.